The Morgan fingerprint density at radius 3 is 2.90 bits per heavy atom. The minimum absolute atomic E-state index is 0.131. The molecular weight excluding hydrogens is 376 g/mol. The fourth-order valence-electron chi connectivity index (χ4n) is 4.38. The van der Waals surface area contributed by atoms with Crippen LogP contribution in [-0.2, 0) is 11.2 Å². The number of carbonyl (C=O) groups excluding carboxylic acids is 1. The first-order valence-electron chi connectivity index (χ1n) is 10.7. The third-order valence-electron chi connectivity index (χ3n) is 6.01. The number of H-pyrrole nitrogens is 1. The van der Waals surface area contributed by atoms with Crippen LogP contribution in [0.5, 0.6) is 0 Å². The van der Waals surface area contributed by atoms with Crippen molar-refractivity contribution in [3.8, 4) is 0 Å². The minimum atomic E-state index is 0.131. The molecule has 1 N–H and O–H groups in total. The molecule has 1 saturated heterocycles. The number of hydrogen-bond donors (Lipinski definition) is 1. The number of aromatic nitrogens is 2. The lowest BCUT2D eigenvalue weighted by Gasteiger charge is -2.41. The third kappa shape index (κ3) is 4.71. The van der Waals surface area contributed by atoms with Crippen LogP contribution >= 0.6 is 0 Å². The lowest BCUT2D eigenvalue weighted by atomic mass is 10.0. The number of rotatable bonds is 8. The molecule has 1 aromatic heterocycles. The van der Waals surface area contributed by atoms with Gasteiger partial charge in [-0.2, -0.15) is 0 Å². The molecule has 4 rings (SSSR count). The number of aryl methyl sites for hydroxylation is 1. The first kappa shape index (κ1) is 20.6. The van der Waals surface area contributed by atoms with Crippen molar-refractivity contribution in [2.45, 2.75) is 25.3 Å². The smallest absolute Gasteiger partial charge is 0.254 e. The van der Waals surface area contributed by atoms with E-state index in [4.69, 9.17) is 4.74 Å². The summed E-state index contributed by atoms with van der Waals surface area (Å²) >= 11 is 0. The zero-order valence-corrected chi connectivity index (χ0v) is 17.6. The molecule has 0 aliphatic carbocycles. The first-order chi connectivity index (χ1) is 14.8. The van der Waals surface area contributed by atoms with Crippen LogP contribution in [0.25, 0.3) is 10.8 Å². The number of fused-ring (bicyclic) bond motifs is 1. The molecule has 1 fully saturated rings. The fraction of sp³-hybridized carbons (Fsp3) is 0.417. The van der Waals surface area contributed by atoms with Crippen molar-refractivity contribution in [2.75, 3.05) is 39.9 Å². The lowest BCUT2D eigenvalue weighted by Crippen LogP contribution is -2.55. The maximum absolute atomic E-state index is 13.4. The number of ether oxygens (including phenoxy) is 1. The standard InChI is InChI=1S/C24H30N4O2/c1-30-15-11-21-17-28(14-13-27(21)12-5-8-20-16-25-18-26-20)24(29)23-10-4-7-19-6-2-3-9-22(19)23/h2-4,6-7,9-10,16,18,21H,5,8,11-15,17H2,1H3,(H,25,26)/t21-/m0/s1. The van der Waals surface area contributed by atoms with Crippen molar-refractivity contribution >= 4 is 16.7 Å². The van der Waals surface area contributed by atoms with Gasteiger partial charge >= 0.3 is 0 Å². The maximum atomic E-state index is 13.4. The van der Waals surface area contributed by atoms with Crippen LogP contribution in [0.3, 0.4) is 0 Å². The van der Waals surface area contributed by atoms with Crippen molar-refractivity contribution < 1.29 is 9.53 Å². The van der Waals surface area contributed by atoms with E-state index in [1.807, 2.05) is 41.4 Å². The minimum Gasteiger partial charge on any atom is -0.385 e. The fourth-order valence-corrected chi connectivity index (χ4v) is 4.38. The summed E-state index contributed by atoms with van der Waals surface area (Å²) in [5.41, 5.74) is 1.97. The van der Waals surface area contributed by atoms with E-state index in [9.17, 15) is 4.79 Å². The van der Waals surface area contributed by atoms with Crippen molar-refractivity contribution in [3.05, 3.63) is 66.2 Å². The Morgan fingerprint density at radius 2 is 2.07 bits per heavy atom. The second kappa shape index (κ2) is 9.87. The van der Waals surface area contributed by atoms with Crippen molar-refractivity contribution in [3.63, 3.8) is 0 Å². The summed E-state index contributed by atoms with van der Waals surface area (Å²) in [6, 6.07) is 14.4. The van der Waals surface area contributed by atoms with Crippen LogP contribution in [0.2, 0.25) is 0 Å². The molecule has 0 bridgehead atoms. The number of nitrogens with one attached hydrogen (secondary N) is 1. The maximum Gasteiger partial charge on any atom is 0.254 e. The summed E-state index contributed by atoms with van der Waals surface area (Å²) in [6.07, 6.45) is 6.62. The molecular formula is C24H30N4O2. The van der Waals surface area contributed by atoms with Gasteiger partial charge in [-0.15, -0.1) is 0 Å². The molecule has 0 spiro atoms. The Morgan fingerprint density at radius 1 is 1.20 bits per heavy atom. The van der Waals surface area contributed by atoms with E-state index in [0.717, 1.165) is 61.8 Å². The summed E-state index contributed by atoms with van der Waals surface area (Å²) in [5, 5.41) is 2.14. The van der Waals surface area contributed by atoms with Crippen LogP contribution in [0.15, 0.2) is 55.0 Å². The number of aromatic amines is 1. The van der Waals surface area contributed by atoms with E-state index in [-0.39, 0.29) is 5.91 Å². The monoisotopic (exact) mass is 406 g/mol. The van der Waals surface area contributed by atoms with Gasteiger partial charge in [-0.1, -0.05) is 36.4 Å². The van der Waals surface area contributed by atoms with E-state index in [0.29, 0.717) is 12.6 Å². The molecule has 158 valence electrons. The van der Waals surface area contributed by atoms with Crippen LogP contribution in [0.4, 0.5) is 0 Å². The van der Waals surface area contributed by atoms with Gasteiger partial charge < -0.3 is 14.6 Å². The normalized spacial score (nSPS) is 17.5. The highest BCUT2D eigenvalue weighted by atomic mass is 16.5. The zero-order valence-electron chi connectivity index (χ0n) is 17.6. The van der Waals surface area contributed by atoms with E-state index < -0.39 is 0 Å². The van der Waals surface area contributed by atoms with Crippen LogP contribution in [0, 0.1) is 0 Å². The van der Waals surface area contributed by atoms with Gasteiger partial charge in [-0.05, 0) is 42.6 Å². The molecule has 6 heteroatoms. The number of nitrogens with zero attached hydrogens (tertiary/aromatic N) is 3. The van der Waals surface area contributed by atoms with Crippen LogP contribution in [-0.4, -0.2) is 71.6 Å². The molecule has 0 saturated carbocycles. The average Bonchev–Trinajstić information content (AvgIpc) is 3.31. The van der Waals surface area contributed by atoms with Crippen molar-refractivity contribution in [2.24, 2.45) is 0 Å². The predicted octanol–water partition coefficient (Wildman–Crippen LogP) is 3.36. The van der Waals surface area contributed by atoms with Gasteiger partial charge in [0.25, 0.3) is 5.91 Å². The molecule has 1 aliphatic rings. The van der Waals surface area contributed by atoms with Gasteiger partial charge in [-0.3, -0.25) is 9.69 Å². The number of hydrogen-bond acceptors (Lipinski definition) is 4. The topological polar surface area (TPSA) is 61.5 Å². The van der Waals surface area contributed by atoms with E-state index >= 15 is 0 Å². The largest absolute Gasteiger partial charge is 0.385 e. The molecule has 1 amide bonds. The molecule has 0 unspecified atom stereocenters. The summed E-state index contributed by atoms with van der Waals surface area (Å²) in [7, 11) is 1.74. The number of benzene rings is 2. The number of amides is 1. The number of methoxy groups -OCH3 is 1. The number of imidazole rings is 1. The molecule has 3 aromatic rings. The SMILES string of the molecule is COCC[C@H]1CN(C(=O)c2cccc3ccccc23)CCN1CCCc1cnc[nH]1. The van der Waals surface area contributed by atoms with Gasteiger partial charge in [0.2, 0.25) is 0 Å². The summed E-state index contributed by atoms with van der Waals surface area (Å²) in [6.45, 7) is 4.13. The Kier molecular flexibility index (Phi) is 6.77. The summed E-state index contributed by atoms with van der Waals surface area (Å²) < 4.78 is 5.35. The van der Waals surface area contributed by atoms with Gasteiger partial charge in [0.1, 0.15) is 0 Å². The van der Waals surface area contributed by atoms with E-state index in [1.54, 1.807) is 13.4 Å². The van der Waals surface area contributed by atoms with Crippen molar-refractivity contribution in [1.29, 1.82) is 0 Å². The van der Waals surface area contributed by atoms with E-state index in [2.05, 4.69) is 27.0 Å². The van der Waals surface area contributed by atoms with Gasteiger partial charge in [0, 0.05) is 56.8 Å². The Bertz CT molecular complexity index is 952. The Labute approximate surface area is 177 Å². The second-order valence-electron chi connectivity index (χ2n) is 7.93. The number of piperazine rings is 1. The average molecular weight is 407 g/mol. The quantitative estimate of drug-likeness (QED) is 0.623. The summed E-state index contributed by atoms with van der Waals surface area (Å²) in [5.74, 6) is 0.131. The molecule has 6 nitrogen and oxygen atoms in total. The summed E-state index contributed by atoms with van der Waals surface area (Å²) in [4.78, 5) is 25.2. The van der Waals surface area contributed by atoms with Gasteiger partial charge in [-0.25, -0.2) is 4.98 Å². The first-order valence-corrected chi connectivity index (χ1v) is 10.7. The molecule has 2 heterocycles. The predicted molar refractivity (Wildman–Crippen MR) is 119 cm³/mol. The van der Waals surface area contributed by atoms with E-state index in [1.165, 1.54) is 5.69 Å². The van der Waals surface area contributed by atoms with Crippen LogP contribution in [0.1, 0.15) is 28.9 Å². The highest BCUT2D eigenvalue weighted by Gasteiger charge is 2.30. The van der Waals surface area contributed by atoms with Gasteiger partial charge in [0.05, 0.1) is 6.33 Å². The lowest BCUT2D eigenvalue weighted by molar-refractivity contribution is 0.0393. The van der Waals surface area contributed by atoms with Crippen LogP contribution < -0.4 is 0 Å². The molecule has 2 aromatic carbocycles. The zero-order chi connectivity index (χ0) is 20.8. The van der Waals surface area contributed by atoms with Gasteiger partial charge in [0.15, 0.2) is 0 Å². The number of carbonyl (C=O) groups is 1. The molecule has 1 atom stereocenters. The highest BCUT2D eigenvalue weighted by Crippen LogP contribution is 2.22. The Hall–Kier alpha value is -2.70. The highest BCUT2D eigenvalue weighted by molar-refractivity contribution is 6.07. The molecule has 1 aliphatic heterocycles. The molecule has 30 heavy (non-hydrogen) atoms. The molecule has 0 radical (unpaired) electrons. The second-order valence-corrected chi connectivity index (χ2v) is 7.93. The Balaban J connectivity index is 1.43. The van der Waals surface area contributed by atoms with Crippen molar-refractivity contribution in [1.82, 2.24) is 19.8 Å². The third-order valence-corrected chi connectivity index (χ3v) is 6.01.